The van der Waals surface area contributed by atoms with Gasteiger partial charge in [0.15, 0.2) is 37.2 Å². The molecule has 20 heteroatoms. The van der Waals surface area contributed by atoms with Crippen LogP contribution in [0, 0.1) is 0 Å². The van der Waals surface area contributed by atoms with E-state index in [1.807, 2.05) is 273 Å². The Morgan fingerprint density at radius 2 is 0.721 bits per heavy atom. The first kappa shape index (κ1) is 78.1. The fraction of sp³-hybridized carbons (Fsp3) is 0.308. The molecule has 0 aromatic heterocycles. The van der Waals surface area contributed by atoms with Crippen LogP contribution in [0.5, 0.6) is 0 Å². The van der Waals surface area contributed by atoms with Gasteiger partial charge in [0.2, 0.25) is 0 Å². The van der Waals surface area contributed by atoms with Gasteiger partial charge in [-0.3, -0.25) is 9.59 Å². The number of thioether (sulfide) groups is 1. The molecule has 0 spiro atoms. The maximum Gasteiger partial charge on any atom is 0.338 e. The van der Waals surface area contributed by atoms with Crippen molar-refractivity contribution < 1.29 is 90.2 Å². The van der Waals surface area contributed by atoms with E-state index in [1.165, 1.54) is 11.8 Å². The van der Waals surface area contributed by atoms with Gasteiger partial charge in [0.05, 0.1) is 84.5 Å². The van der Waals surface area contributed by atoms with Crippen molar-refractivity contribution in [3.8, 4) is 0 Å². The summed E-state index contributed by atoms with van der Waals surface area (Å²) in [6.45, 7) is 0.909. The van der Waals surface area contributed by atoms with Crippen LogP contribution in [0.2, 0.25) is 0 Å². The topological polar surface area (TPSA) is 199 Å². The van der Waals surface area contributed by atoms with E-state index < -0.39 is 128 Å². The lowest BCUT2D eigenvalue weighted by molar-refractivity contribution is -0.362. The van der Waals surface area contributed by atoms with Gasteiger partial charge < -0.3 is 75.8 Å². The zero-order valence-electron chi connectivity index (χ0n) is 61.3. The number of benzene rings is 10. The van der Waals surface area contributed by atoms with Crippen molar-refractivity contribution in [3.63, 3.8) is 0 Å². The standard InChI is InChI=1S/C91H90O19S/c92-76(106-83-80-75(62-102-88(109-80)71-47-27-9-28-48-71)103-89(101-59-69-43-23-7-24-44-69)85(83)108-87(94)70-45-25-8-26-46-70)51-52-77(93)107-86-82(99-57-67-39-19-5-20-40-67)79(74(61-96-54-64-33-13-2-14-34-64)105-91(86)111-72-49-29-10-30-50-72)110-90-84(100-58-68-41-21-6-22-42-68)81(98-56-66-37-17-4-18-38-66)78(97-55-65-35-15-3-16-36-65)73(104-90)60-95-53-63-31-11-1-12-32-63/h1-50,73-75,78-86,88-91H,51-62H2/t73-,74-,75-,78-,79-,80-,81+,82+,83+,84-,85-,86-,88?,89+,90-,91+/m1/s1. The Morgan fingerprint density at radius 3 is 1.20 bits per heavy atom. The van der Waals surface area contributed by atoms with Crippen molar-refractivity contribution >= 4 is 29.7 Å². The Labute approximate surface area is 651 Å². The molecule has 0 amide bonds. The third-order valence-electron chi connectivity index (χ3n) is 19.3. The van der Waals surface area contributed by atoms with Crippen molar-refractivity contribution in [2.75, 3.05) is 19.8 Å². The summed E-state index contributed by atoms with van der Waals surface area (Å²) in [4.78, 5) is 45.5. The molecule has 4 saturated heterocycles. The highest BCUT2D eigenvalue weighted by atomic mass is 32.2. The van der Waals surface area contributed by atoms with Gasteiger partial charge in [0.25, 0.3) is 0 Å². The normalized spacial score (nSPS) is 25.0. The first-order chi connectivity index (χ1) is 54.8. The van der Waals surface area contributed by atoms with Crippen molar-refractivity contribution in [3.05, 3.63) is 353 Å². The third-order valence-corrected chi connectivity index (χ3v) is 20.5. The predicted octanol–water partition coefficient (Wildman–Crippen LogP) is 15.3. The van der Waals surface area contributed by atoms with Crippen LogP contribution in [0.4, 0.5) is 0 Å². The summed E-state index contributed by atoms with van der Waals surface area (Å²) in [5.74, 6) is -2.38. The first-order valence-electron chi connectivity index (χ1n) is 37.6. The molecule has 4 aliphatic rings. The highest BCUT2D eigenvalue weighted by Gasteiger charge is 2.57. The average molecular weight is 1520 g/mol. The summed E-state index contributed by atoms with van der Waals surface area (Å²) in [6, 6.07) is 95.7. The van der Waals surface area contributed by atoms with E-state index in [4.69, 9.17) is 75.8 Å². The molecular weight excluding hydrogens is 1430 g/mol. The number of carbonyl (C=O) groups excluding carboxylic acids is 3. The Kier molecular flexibility index (Phi) is 28.6. The maximum absolute atomic E-state index is 15.4. The van der Waals surface area contributed by atoms with Crippen LogP contribution >= 0.6 is 11.8 Å². The predicted molar refractivity (Wildman–Crippen MR) is 411 cm³/mol. The molecule has 19 nitrogen and oxygen atoms in total. The highest BCUT2D eigenvalue weighted by molar-refractivity contribution is 7.99. The Balaban J connectivity index is 0.812. The van der Waals surface area contributed by atoms with Crippen LogP contribution in [-0.2, 0) is 132 Å². The molecule has 0 N–H and O–H groups in total. The molecule has 10 aromatic carbocycles. The fourth-order valence-corrected chi connectivity index (χ4v) is 14.9. The van der Waals surface area contributed by atoms with Crippen LogP contribution in [0.15, 0.2) is 308 Å². The molecule has 4 fully saturated rings. The lowest BCUT2D eigenvalue weighted by Gasteiger charge is -2.50. The average Bonchev–Trinajstić information content (AvgIpc) is 0.776. The van der Waals surface area contributed by atoms with Gasteiger partial charge in [-0.05, 0) is 63.2 Å². The SMILES string of the molecule is O=C(CCC(=O)O[C@@H]1[C@@H](OCc2ccccc2)[C@H](O[C@H]2O[C@H](COCc3ccccc3)[C@@H](OCc3ccccc3)[C@H](OCc3ccccc3)[C@H]2OCc2ccccc2)[C@@H](COCc2ccccc2)O[C@H]1Sc1ccccc1)O[C@@H]1[C@@H](OC(=O)c2ccccc2)[C@@H](OCc2ccccc2)O[C@@H]2COC(c3ccccc3)O[C@@H]12. The molecule has 0 aliphatic carbocycles. The van der Waals surface area contributed by atoms with Crippen molar-refractivity contribution in [1.29, 1.82) is 0 Å². The number of ether oxygens (including phenoxy) is 16. The van der Waals surface area contributed by atoms with Gasteiger partial charge in [-0.1, -0.05) is 291 Å². The third kappa shape index (κ3) is 22.2. The van der Waals surface area contributed by atoms with Crippen LogP contribution in [0.3, 0.4) is 0 Å². The molecule has 0 bridgehead atoms. The first-order valence-corrected chi connectivity index (χ1v) is 38.5. The van der Waals surface area contributed by atoms with Crippen LogP contribution in [0.25, 0.3) is 0 Å². The number of hydrogen-bond donors (Lipinski definition) is 0. The summed E-state index contributed by atoms with van der Waals surface area (Å²) >= 11 is 1.33. The highest BCUT2D eigenvalue weighted by Crippen LogP contribution is 2.42. The summed E-state index contributed by atoms with van der Waals surface area (Å²) in [5, 5.41) is 0. The minimum atomic E-state index is -1.40. The van der Waals surface area contributed by atoms with Crippen LogP contribution in [-0.4, -0.2) is 129 Å². The molecule has 574 valence electrons. The van der Waals surface area contributed by atoms with E-state index in [1.54, 1.807) is 30.3 Å². The van der Waals surface area contributed by atoms with E-state index in [2.05, 4.69) is 0 Å². The summed E-state index contributed by atoms with van der Waals surface area (Å²) in [5.41, 5.74) is 6.08. The van der Waals surface area contributed by atoms with E-state index in [0.29, 0.717) is 5.56 Å². The zero-order chi connectivity index (χ0) is 75.6. The Morgan fingerprint density at radius 1 is 0.333 bits per heavy atom. The van der Waals surface area contributed by atoms with E-state index >= 15 is 9.59 Å². The molecule has 16 atom stereocenters. The van der Waals surface area contributed by atoms with E-state index in [9.17, 15) is 4.79 Å². The van der Waals surface area contributed by atoms with Crippen LogP contribution < -0.4 is 0 Å². The molecule has 10 aromatic rings. The number of carbonyl (C=O) groups is 3. The summed E-state index contributed by atoms with van der Waals surface area (Å²) in [6.07, 6.45) is -17.6. The van der Waals surface area contributed by atoms with Gasteiger partial charge in [-0.2, -0.15) is 0 Å². The van der Waals surface area contributed by atoms with Crippen molar-refractivity contribution in [2.24, 2.45) is 0 Å². The summed E-state index contributed by atoms with van der Waals surface area (Å²) in [7, 11) is 0. The Bertz CT molecular complexity index is 4380. The lowest BCUT2D eigenvalue weighted by atomic mass is 9.96. The lowest BCUT2D eigenvalue weighted by Crippen LogP contribution is -2.66. The van der Waals surface area contributed by atoms with Crippen LogP contribution in [0.1, 0.15) is 74.0 Å². The number of esters is 3. The minimum Gasteiger partial charge on any atom is -0.456 e. The second-order valence-electron chi connectivity index (χ2n) is 27.3. The molecule has 4 heterocycles. The molecule has 1 unspecified atom stereocenters. The smallest absolute Gasteiger partial charge is 0.338 e. The number of rotatable bonds is 35. The van der Waals surface area contributed by atoms with Crippen molar-refractivity contribution in [2.45, 2.75) is 162 Å². The molecule has 14 rings (SSSR count). The molecule has 4 aliphatic heterocycles. The van der Waals surface area contributed by atoms with Crippen molar-refractivity contribution in [1.82, 2.24) is 0 Å². The Hall–Kier alpha value is -9.56. The second kappa shape index (κ2) is 40.6. The zero-order valence-corrected chi connectivity index (χ0v) is 62.1. The number of hydrogen-bond acceptors (Lipinski definition) is 20. The quantitative estimate of drug-likeness (QED) is 0.0268. The van der Waals surface area contributed by atoms with Gasteiger partial charge in [0.1, 0.15) is 60.4 Å². The van der Waals surface area contributed by atoms with Gasteiger partial charge in [-0.15, -0.1) is 0 Å². The minimum absolute atomic E-state index is 0.0106. The summed E-state index contributed by atoms with van der Waals surface area (Å²) < 4.78 is 110. The monoisotopic (exact) mass is 1520 g/mol. The molecule has 111 heavy (non-hydrogen) atoms. The molecule has 0 radical (unpaired) electrons. The molecule has 0 saturated carbocycles. The number of fused-ring (bicyclic) bond motifs is 1. The van der Waals surface area contributed by atoms with E-state index in [0.717, 1.165) is 43.8 Å². The van der Waals surface area contributed by atoms with Gasteiger partial charge in [-0.25, -0.2) is 4.79 Å². The largest absolute Gasteiger partial charge is 0.456 e. The maximum atomic E-state index is 15.4. The molecular formula is C91H90O19S. The van der Waals surface area contributed by atoms with Gasteiger partial charge >= 0.3 is 17.9 Å². The van der Waals surface area contributed by atoms with Gasteiger partial charge in [0, 0.05) is 10.5 Å². The van der Waals surface area contributed by atoms with E-state index in [-0.39, 0.29) is 71.6 Å². The fourth-order valence-electron chi connectivity index (χ4n) is 13.7. The second-order valence-corrected chi connectivity index (χ2v) is 28.5.